The highest BCUT2D eigenvalue weighted by atomic mass is 32.2. The number of aryl methyl sites for hydroxylation is 1. The van der Waals surface area contributed by atoms with Crippen molar-refractivity contribution in [1.82, 2.24) is 9.62 Å². The predicted molar refractivity (Wildman–Crippen MR) is 95.1 cm³/mol. The highest BCUT2D eigenvalue weighted by Gasteiger charge is 2.35. The number of carbonyl (C=O) groups is 1. The number of benzene rings is 1. The summed E-state index contributed by atoms with van der Waals surface area (Å²) < 4.78 is 28.0. The number of hydrogen-bond donors (Lipinski definition) is 1. The molecular formula is C18H26N2O3S. The van der Waals surface area contributed by atoms with Crippen LogP contribution in [0.1, 0.15) is 31.2 Å². The maximum Gasteiger partial charge on any atom is 0.240 e. The third-order valence-electron chi connectivity index (χ3n) is 4.50. The van der Waals surface area contributed by atoms with Crippen LogP contribution < -0.4 is 4.72 Å². The molecule has 5 nitrogen and oxygen atoms in total. The summed E-state index contributed by atoms with van der Waals surface area (Å²) >= 11 is 0. The molecule has 2 atom stereocenters. The van der Waals surface area contributed by atoms with Gasteiger partial charge >= 0.3 is 0 Å². The molecule has 0 radical (unpaired) electrons. The van der Waals surface area contributed by atoms with Crippen LogP contribution in [-0.2, 0) is 14.8 Å². The zero-order valence-electron chi connectivity index (χ0n) is 14.4. The minimum atomic E-state index is -3.62. The van der Waals surface area contributed by atoms with Gasteiger partial charge in [0.2, 0.25) is 15.9 Å². The molecule has 1 saturated carbocycles. The van der Waals surface area contributed by atoms with E-state index in [2.05, 4.69) is 11.3 Å². The van der Waals surface area contributed by atoms with Crippen LogP contribution in [0, 0.1) is 12.8 Å². The molecule has 1 amide bonds. The van der Waals surface area contributed by atoms with E-state index in [-0.39, 0.29) is 22.8 Å². The largest absolute Gasteiger partial charge is 0.342 e. The number of sulfonamides is 1. The fourth-order valence-electron chi connectivity index (χ4n) is 3.12. The Balaban J connectivity index is 2.17. The van der Waals surface area contributed by atoms with Crippen molar-refractivity contribution in [2.24, 2.45) is 5.92 Å². The van der Waals surface area contributed by atoms with Crippen molar-refractivity contribution in [2.45, 2.75) is 43.5 Å². The van der Waals surface area contributed by atoms with Crippen LogP contribution in [0.3, 0.4) is 0 Å². The zero-order valence-corrected chi connectivity index (χ0v) is 15.2. The SMILES string of the molecule is C=CCN(C)C(=O)[C@H]1CCCC[C@H]1NS(=O)(=O)c1ccc(C)cc1. The summed E-state index contributed by atoms with van der Waals surface area (Å²) in [6.45, 7) is 6.02. The van der Waals surface area contributed by atoms with Crippen LogP contribution in [0.25, 0.3) is 0 Å². The molecule has 0 unspecified atom stereocenters. The second kappa shape index (κ2) is 7.94. The third-order valence-corrected chi connectivity index (χ3v) is 6.01. The first-order chi connectivity index (χ1) is 11.3. The van der Waals surface area contributed by atoms with Crippen LogP contribution in [0.4, 0.5) is 0 Å². The molecule has 132 valence electrons. The minimum absolute atomic E-state index is 0.0220. The Morgan fingerprint density at radius 3 is 2.54 bits per heavy atom. The van der Waals surface area contributed by atoms with Crippen LogP contribution in [0.2, 0.25) is 0 Å². The Kier molecular flexibility index (Phi) is 6.18. The summed E-state index contributed by atoms with van der Waals surface area (Å²) in [6, 6.07) is 6.39. The number of hydrogen-bond acceptors (Lipinski definition) is 3. The third kappa shape index (κ3) is 4.45. The molecule has 1 aromatic rings. The van der Waals surface area contributed by atoms with E-state index in [9.17, 15) is 13.2 Å². The molecule has 0 heterocycles. The fraction of sp³-hybridized carbons (Fsp3) is 0.500. The lowest BCUT2D eigenvalue weighted by Crippen LogP contribution is -2.48. The number of amides is 1. The summed E-state index contributed by atoms with van der Waals surface area (Å²) in [5.41, 5.74) is 1.01. The molecular weight excluding hydrogens is 324 g/mol. The van der Waals surface area contributed by atoms with Gasteiger partial charge in [-0.15, -0.1) is 6.58 Å². The predicted octanol–water partition coefficient (Wildman–Crippen LogP) is 2.48. The van der Waals surface area contributed by atoms with Crippen molar-refractivity contribution in [1.29, 1.82) is 0 Å². The minimum Gasteiger partial charge on any atom is -0.342 e. The van der Waals surface area contributed by atoms with Gasteiger partial charge in [0.25, 0.3) is 0 Å². The highest BCUT2D eigenvalue weighted by molar-refractivity contribution is 7.89. The first kappa shape index (κ1) is 18.7. The van der Waals surface area contributed by atoms with Gasteiger partial charge in [0.05, 0.1) is 10.8 Å². The number of likely N-dealkylation sites (N-methyl/N-ethyl adjacent to an activating group) is 1. The molecule has 6 heteroatoms. The van der Waals surface area contributed by atoms with Crippen molar-refractivity contribution >= 4 is 15.9 Å². The Bertz CT molecular complexity index is 683. The summed E-state index contributed by atoms with van der Waals surface area (Å²) in [7, 11) is -1.90. The van der Waals surface area contributed by atoms with Gasteiger partial charge in [0.15, 0.2) is 0 Å². The number of rotatable bonds is 6. The second-order valence-electron chi connectivity index (χ2n) is 6.44. The van der Waals surface area contributed by atoms with E-state index >= 15 is 0 Å². The van der Waals surface area contributed by atoms with Crippen molar-refractivity contribution in [3.05, 3.63) is 42.5 Å². The van der Waals surface area contributed by atoms with Crippen LogP contribution in [0.15, 0.2) is 41.8 Å². The lowest BCUT2D eigenvalue weighted by Gasteiger charge is -2.33. The smallest absolute Gasteiger partial charge is 0.240 e. The average Bonchev–Trinajstić information content (AvgIpc) is 2.55. The number of nitrogens with zero attached hydrogens (tertiary/aromatic N) is 1. The summed E-state index contributed by atoms with van der Waals surface area (Å²) in [4.78, 5) is 14.5. The van der Waals surface area contributed by atoms with Crippen molar-refractivity contribution in [3.63, 3.8) is 0 Å². The van der Waals surface area contributed by atoms with Crippen LogP contribution in [0.5, 0.6) is 0 Å². The first-order valence-corrected chi connectivity index (χ1v) is 9.78. The van der Waals surface area contributed by atoms with Crippen molar-refractivity contribution in [3.8, 4) is 0 Å². The van der Waals surface area contributed by atoms with E-state index in [4.69, 9.17) is 0 Å². The van der Waals surface area contributed by atoms with Crippen LogP contribution >= 0.6 is 0 Å². The number of nitrogens with one attached hydrogen (secondary N) is 1. The molecule has 1 aliphatic carbocycles. The van der Waals surface area contributed by atoms with E-state index in [0.717, 1.165) is 18.4 Å². The van der Waals surface area contributed by atoms with E-state index in [1.165, 1.54) is 0 Å². The van der Waals surface area contributed by atoms with Crippen molar-refractivity contribution in [2.75, 3.05) is 13.6 Å². The Morgan fingerprint density at radius 2 is 1.92 bits per heavy atom. The van der Waals surface area contributed by atoms with Gasteiger partial charge in [0.1, 0.15) is 0 Å². The summed E-state index contributed by atoms with van der Waals surface area (Å²) in [6.07, 6.45) is 4.94. The maximum absolute atomic E-state index is 12.6. The highest BCUT2D eigenvalue weighted by Crippen LogP contribution is 2.27. The normalized spacial score (nSPS) is 21.2. The van der Waals surface area contributed by atoms with E-state index in [0.29, 0.717) is 19.4 Å². The zero-order chi connectivity index (χ0) is 17.7. The lowest BCUT2D eigenvalue weighted by atomic mass is 9.84. The fourth-order valence-corrected chi connectivity index (χ4v) is 4.43. The standard InChI is InChI=1S/C18H26N2O3S/c1-4-13-20(3)18(21)16-7-5-6-8-17(16)19-24(22,23)15-11-9-14(2)10-12-15/h4,9-12,16-17,19H,1,5-8,13H2,2-3H3/t16-,17+/m0/s1. The molecule has 1 aromatic carbocycles. The first-order valence-electron chi connectivity index (χ1n) is 8.30. The molecule has 0 bridgehead atoms. The molecule has 0 spiro atoms. The Labute approximate surface area is 144 Å². The quantitative estimate of drug-likeness (QED) is 0.802. The van der Waals surface area contributed by atoms with Gasteiger partial charge in [-0.3, -0.25) is 4.79 Å². The van der Waals surface area contributed by atoms with Gasteiger partial charge in [-0.05, 0) is 31.9 Å². The lowest BCUT2D eigenvalue weighted by molar-refractivity contribution is -0.135. The van der Waals surface area contributed by atoms with Gasteiger partial charge in [-0.25, -0.2) is 13.1 Å². The average molecular weight is 350 g/mol. The summed E-state index contributed by atoms with van der Waals surface area (Å²) in [5, 5.41) is 0. The molecule has 0 saturated heterocycles. The molecule has 1 aliphatic rings. The van der Waals surface area contributed by atoms with Crippen LogP contribution in [-0.4, -0.2) is 38.9 Å². The molecule has 2 rings (SSSR count). The monoisotopic (exact) mass is 350 g/mol. The summed E-state index contributed by atoms with van der Waals surface area (Å²) in [5.74, 6) is -0.338. The maximum atomic E-state index is 12.6. The van der Waals surface area contributed by atoms with E-state index in [1.54, 1.807) is 42.3 Å². The van der Waals surface area contributed by atoms with Gasteiger partial charge < -0.3 is 4.90 Å². The van der Waals surface area contributed by atoms with Gasteiger partial charge in [0, 0.05) is 19.6 Å². The molecule has 1 N–H and O–H groups in total. The van der Waals surface area contributed by atoms with E-state index < -0.39 is 10.0 Å². The molecule has 24 heavy (non-hydrogen) atoms. The molecule has 0 aromatic heterocycles. The number of carbonyl (C=O) groups excluding carboxylic acids is 1. The Morgan fingerprint density at radius 1 is 1.29 bits per heavy atom. The Hall–Kier alpha value is -1.66. The molecule has 1 fully saturated rings. The van der Waals surface area contributed by atoms with Gasteiger partial charge in [-0.2, -0.15) is 0 Å². The van der Waals surface area contributed by atoms with E-state index in [1.807, 2.05) is 6.92 Å². The van der Waals surface area contributed by atoms with Crippen molar-refractivity contribution < 1.29 is 13.2 Å². The second-order valence-corrected chi connectivity index (χ2v) is 8.15. The van der Waals surface area contributed by atoms with Gasteiger partial charge in [-0.1, -0.05) is 36.6 Å². The topological polar surface area (TPSA) is 66.5 Å². The molecule has 0 aliphatic heterocycles.